The Bertz CT molecular complexity index is 421. The van der Waals surface area contributed by atoms with Gasteiger partial charge in [-0.05, 0) is 56.7 Å². The molecule has 1 aliphatic rings. The number of rotatable bonds is 5. The minimum atomic E-state index is -0.120. The van der Waals surface area contributed by atoms with Gasteiger partial charge in [0.2, 0.25) is 0 Å². The fourth-order valence-corrected chi connectivity index (χ4v) is 3.23. The Morgan fingerprint density at radius 1 is 1.35 bits per heavy atom. The molecule has 3 heteroatoms. The Morgan fingerprint density at radius 2 is 2.15 bits per heavy atom. The lowest BCUT2D eigenvalue weighted by Gasteiger charge is -2.35. The number of aryl methyl sites for hydroxylation is 1. The summed E-state index contributed by atoms with van der Waals surface area (Å²) >= 11 is 0. The van der Waals surface area contributed by atoms with Crippen molar-refractivity contribution in [2.75, 3.05) is 13.1 Å². The van der Waals surface area contributed by atoms with Crippen LogP contribution in [-0.2, 0) is 6.54 Å². The van der Waals surface area contributed by atoms with E-state index < -0.39 is 0 Å². The molecule has 1 aromatic rings. The highest BCUT2D eigenvalue weighted by Gasteiger charge is 2.28. The topological polar surface area (TPSA) is 36.4 Å². The molecular weight excluding hydrogens is 248 g/mol. The van der Waals surface area contributed by atoms with Gasteiger partial charge >= 0.3 is 0 Å². The maximum atomic E-state index is 10.2. The number of aliphatic hydroxyl groups excluding tert-OH is 1. The van der Waals surface area contributed by atoms with Gasteiger partial charge in [-0.25, -0.2) is 0 Å². The second kappa shape index (κ2) is 7.19. The minimum Gasteiger partial charge on any atom is -0.393 e. The van der Waals surface area contributed by atoms with Gasteiger partial charge in [0.15, 0.2) is 0 Å². The first-order chi connectivity index (χ1) is 9.58. The van der Waals surface area contributed by atoms with Crippen molar-refractivity contribution in [3.8, 4) is 0 Å². The molecule has 1 aromatic heterocycles. The number of hydrogen-bond acceptors (Lipinski definition) is 3. The molecule has 112 valence electrons. The lowest BCUT2D eigenvalue weighted by Crippen LogP contribution is -2.38. The zero-order chi connectivity index (χ0) is 14.5. The summed E-state index contributed by atoms with van der Waals surface area (Å²) in [6.45, 7) is 9.40. The molecule has 0 bridgehead atoms. The molecule has 3 nitrogen and oxygen atoms in total. The molecule has 0 aromatic carbocycles. The summed E-state index contributed by atoms with van der Waals surface area (Å²) in [4.78, 5) is 6.99. The van der Waals surface area contributed by atoms with E-state index in [2.05, 4.69) is 35.9 Å². The van der Waals surface area contributed by atoms with Crippen molar-refractivity contribution in [1.82, 2.24) is 9.88 Å². The number of pyridine rings is 1. The number of hydrogen-bond donors (Lipinski definition) is 1. The molecular formula is C17H28N2O. The van der Waals surface area contributed by atoms with Crippen LogP contribution in [-0.4, -0.2) is 34.2 Å². The van der Waals surface area contributed by atoms with Crippen LogP contribution in [0.2, 0.25) is 0 Å². The van der Waals surface area contributed by atoms with E-state index >= 15 is 0 Å². The van der Waals surface area contributed by atoms with E-state index in [4.69, 9.17) is 0 Å². The van der Waals surface area contributed by atoms with Crippen LogP contribution in [0.5, 0.6) is 0 Å². The van der Waals surface area contributed by atoms with E-state index in [1.54, 1.807) is 0 Å². The van der Waals surface area contributed by atoms with E-state index in [1.807, 2.05) is 13.0 Å². The zero-order valence-corrected chi connectivity index (χ0v) is 13.0. The summed E-state index contributed by atoms with van der Waals surface area (Å²) < 4.78 is 0. The Labute approximate surface area is 123 Å². The number of aromatic nitrogens is 1. The van der Waals surface area contributed by atoms with E-state index in [9.17, 15) is 5.11 Å². The van der Waals surface area contributed by atoms with E-state index in [-0.39, 0.29) is 6.10 Å². The van der Waals surface area contributed by atoms with Gasteiger partial charge in [0.1, 0.15) is 0 Å². The molecule has 0 saturated heterocycles. The lowest BCUT2D eigenvalue weighted by molar-refractivity contribution is 0.0298. The van der Waals surface area contributed by atoms with Gasteiger partial charge in [0.05, 0.1) is 11.8 Å². The van der Waals surface area contributed by atoms with Crippen molar-refractivity contribution in [2.45, 2.75) is 52.7 Å². The molecule has 0 spiro atoms. The third-order valence-corrected chi connectivity index (χ3v) is 4.48. The van der Waals surface area contributed by atoms with E-state index in [1.165, 1.54) is 6.42 Å². The molecule has 0 radical (unpaired) electrons. The molecule has 3 unspecified atom stereocenters. The Hall–Kier alpha value is -0.930. The molecule has 0 aliphatic heterocycles. The van der Waals surface area contributed by atoms with Crippen molar-refractivity contribution >= 4 is 0 Å². The quantitative estimate of drug-likeness (QED) is 0.898. The first-order valence-electron chi connectivity index (χ1n) is 7.91. The fourth-order valence-electron chi connectivity index (χ4n) is 3.23. The molecule has 1 fully saturated rings. The monoisotopic (exact) mass is 276 g/mol. The van der Waals surface area contributed by atoms with Gasteiger partial charge < -0.3 is 5.11 Å². The summed E-state index contributed by atoms with van der Waals surface area (Å²) in [6.07, 6.45) is 3.17. The molecule has 1 aliphatic carbocycles. The predicted molar refractivity (Wildman–Crippen MR) is 82.4 cm³/mol. The summed E-state index contributed by atoms with van der Waals surface area (Å²) in [7, 11) is 0. The molecule has 20 heavy (non-hydrogen) atoms. The molecule has 2 rings (SSSR count). The fraction of sp³-hybridized carbons (Fsp3) is 0.706. The minimum absolute atomic E-state index is 0.120. The molecule has 1 N–H and O–H groups in total. The van der Waals surface area contributed by atoms with Gasteiger partial charge in [-0.15, -0.1) is 0 Å². The third-order valence-electron chi connectivity index (χ3n) is 4.48. The molecule has 1 heterocycles. The Kier molecular flexibility index (Phi) is 5.55. The Morgan fingerprint density at radius 3 is 2.85 bits per heavy atom. The van der Waals surface area contributed by atoms with Gasteiger partial charge in [-0.1, -0.05) is 19.9 Å². The van der Waals surface area contributed by atoms with Crippen LogP contribution < -0.4 is 0 Å². The summed E-state index contributed by atoms with van der Waals surface area (Å²) in [5.74, 6) is 1.17. The van der Waals surface area contributed by atoms with Crippen LogP contribution in [0, 0.1) is 18.8 Å². The summed E-state index contributed by atoms with van der Waals surface area (Å²) in [5.41, 5.74) is 2.20. The highest BCUT2D eigenvalue weighted by molar-refractivity contribution is 5.09. The van der Waals surface area contributed by atoms with Crippen LogP contribution in [0.1, 0.15) is 44.5 Å². The average molecular weight is 276 g/mol. The Balaban J connectivity index is 1.94. The van der Waals surface area contributed by atoms with Crippen LogP contribution >= 0.6 is 0 Å². The van der Waals surface area contributed by atoms with Gasteiger partial charge in [0, 0.05) is 18.8 Å². The zero-order valence-electron chi connectivity index (χ0n) is 13.0. The van der Waals surface area contributed by atoms with Gasteiger partial charge in [-0.2, -0.15) is 0 Å². The van der Waals surface area contributed by atoms with Crippen molar-refractivity contribution in [2.24, 2.45) is 11.8 Å². The highest BCUT2D eigenvalue weighted by atomic mass is 16.3. The van der Waals surface area contributed by atoms with Crippen molar-refractivity contribution < 1.29 is 5.11 Å². The van der Waals surface area contributed by atoms with Crippen molar-refractivity contribution in [1.29, 1.82) is 0 Å². The van der Waals surface area contributed by atoms with Crippen LogP contribution in [0.4, 0.5) is 0 Å². The number of aliphatic hydroxyl groups is 1. The first-order valence-corrected chi connectivity index (χ1v) is 7.91. The predicted octanol–water partition coefficient (Wildman–Crippen LogP) is 3.01. The molecule has 3 atom stereocenters. The van der Waals surface area contributed by atoms with Crippen LogP contribution in [0.25, 0.3) is 0 Å². The number of nitrogens with zero attached hydrogens (tertiary/aromatic N) is 2. The molecule has 1 saturated carbocycles. The standard InChI is InChI=1S/C17H28N2O/c1-4-19(12-16-7-5-6-14(3)18-16)11-15-10-13(2)8-9-17(15)20/h5-7,13,15,17,20H,4,8-12H2,1-3H3. The van der Waals surface area contributed by atoms with E-state index in [0.717, 1.165) is 49.8 Å². The van der Waals surface area contributed by atoms with Crippen molar-refractivity contribution in [3.05, 3.63) is 29.6 Å². The smallest absolute Gasteiger partial charge is 0.0580 e. The van der Waals surface area contributed by atoms with Gasteiger partial charge in [-0.3, -0.25) is 9.88 Å². The average Bonchev–Trinajstić information content (AvgIpc) is 2.42. The normalized spacial score (nSPS) is 26.9. The maximum absolute atomic E-state index is 10.2. The first kappa shape index (κ1) is 15.5. The lowest BCUT2D eigenvalue weighted by atomic mass is 9.80. The summed E-state index contributed by atoms with van der Waals surface area (Å²) in [6, 6.07) is 6.20. The largest absolute Gasteiger partial charge is 0.393 e. The molecule has 0 amide bonds. The maximum Gasteiger partial charge on any atom is 0.0580 e. The second-order valence-corrected chi connectivity index (χ2v) is 6.34. The third kappa shape index (κ3) is 4.29. The second-order valence-electron chi connectivity index (χ2n) is 6.34. The SMILES string of the molecule is CCN(Cc1cccc(C)n1)CC1CC(C)CCC1O. The van der Waals surface area contributed by atoms with Crippen LogP contribution in [0.3, 0.4) is 0 Å². The van der Waals surface area contributed by atoms with E-state index in [0.29, 0.717) is 5.92 Å². The van der Waals surface area contributed by atoms with Gasteiger partial charge in [0.25, 0.3) is 0 Å². The summed E-state index contributed by atoms with van der Waals surface area (Å²) in [5, 5.41) is 10.2. The van der Waals surface area contributed by atoms with Crippen LogP contribution in [0.15, 0.2) is 18.2 Å². The van der Waals surface area contributed by atoms with Crippen molar-refractivity contribution in [3.63, 3.8) is 0 Å². The highest BCUT2D eigenvalue weighted by Crippen LogP contribution is 2.29.